The van der Waals surface area contributed by atoms with Gasteiger partial charge in [-0.05, 0) is 18.6 Å². The number of ether oxygens (including phenoxy) is 1. The van der Waals surface area contributed by atoms with Gasteiger partial charge in [-0.1, -0.05) is 19.1 Å². The molecule has 1 heterocycles. The number of carbonyl (C=O) groups is 1. The molecule has 1 aliphatic heterocycles. The van der Waals surface area contributed by atoms with Gasteiger partial charge in [0.25, 0.3) is 0 Å². The maximum Gasteiger partial charge on any atom is 0.418 e. The number of halogens is 3. The maximum atomic E-state index is 12.8. The van der Waals surface area contributed by atoms with Gasteiger partial charge in [0.05, 0.1) is 29.9 Å². The summed E-state index contributed by atoms with van der Waals surface area (Å²) in [5, 5.41) is 2.37. The van der Waals surface area contributed by atoms with Crippen LogP contribution in [-0.4, -0.2) is 19.1 Å². The number of anilines is 1. The van der Waals surface area contributed by atoms with Crippen LogP contribution in [0.25, 0.3) is 0 Å². The predicted molar refractivity (Wildman–Crippen MR) is 63.6 cm³/mol. The number of para-hydroxylation sites is 1. The van der Waals surface area contributed by atoms with E-state index in [2.05, 4.69) is 5.32 Å². The first kappa shape index (κ1) is 13.9. The fraction of sp³-hybridized carbons (Fsp3) is 0.462. The van der Waals surface area contributed by atoms with Gasteiger partial charge in [-0.3, -0.25) is 4.79 Å². The second-order valence-electron chi connectivity index (χ2n) is 4.62. The van der Waals surface area contributed by atoms with E-state index < -0.39 is 23.1 Å². The Bertz CT molecular complexity index is 476. The molecule has 0 bridgehead atoms. The molecule has 19 heavy (non-hydrogen) atoms. The molecule has 0 saturated carbocycles. The molecule has 1 saturated heterocycles. The van der Waals surface area contributed by atoms with Crippen LogP contribution in [0, 0.1) is 5.41 Å². The smallest absolute Gasteiger partial charge is 0.379 e. The number of carbonyl (C=O) groups excluding carboxylic acids is 1. The Morgan fingerprint density at radius 1 is 1.37 bits per heavy atom. The molecule has 1 aliphatic rings. The minimum absolute atomic E-state index is 0.209. The second-order valence-corrected chi connectivity index (χ2v) is 4.62. The van der Waals surface area contributed by atoms with Gasteiger partial charge in [-0.15, -0.1) is 0 Å². The zero-order chi connectivity index (χ0) is 14.1. The summed E-state index contributed by atoms with van der Waals surface area (Å²) in [6.07, 6.45) is -3.95. The third kappa shape index (κ3) is 2.58. The van der Waals surface area contributed by atoms with E-state index in [1.165, 1.54) is 18.2 Å². The van der Waals surface area contributed by atoms with Crippen molar-refractivity contribution in [2.24, 2.45) is 5.41 Å². The molecule has 0 atom stereocenters. The molecule has 0 radical (unpaired) electrons. The van der Waals surface area contributed by atoms with Gasteiger partial charge in [0, 0.05) is 0 Å². The molecule has 0 spiro atoms. The average molecular weight is 273 g/mol. The zero-order valence-electron chi connectivity index (χ0n) is 10.4. The van der Waals surface area contributed by atoms with Gasteiger partial charge >= 0.3 is 6.18 Å². The van der Waals surface area contributed by atoms with Crippen LogP contribution < -0.4 is 5.32 Å². The van der Waals surface area contributed by atoms with Crippen molar-refractivity contribution >= 4 is 11.6 Å². The van der Waals surface area contributed by atoms with E-state index in [0.29, 0.717) is 6.42 Å². The standard InChI is InChI=1S/C13H14F3NO2/c1-2-12(7-19-8-12)11(18)17-10-6-4-3-5-9(10)13(14,15)16/h3-6H,2,7-8H2,1H3,(H,17,18). The molecule has 2 rings (SSSR count). The third-order valence-corrected chi connectivity index (χ3v) is 3.40. The lowest BCUT2D eigenvalue weighted by atomic mass is 9.82. The quantitative estimate of drug-likeness (QED) is 0.919. The van der Waals surface area contributed by atoms with Crippen molar-refractivity contribution in [3.8, 4) is 0 Å². The fourth-order valence-corrected chi connectivity index (χ4v) is 1.94. The molecular formula is C13H14F3NO2. The normalized spacial score (nSPS) is 17.7. The Labute approximate surface area is 108 Å². The Kier molecular flexibility index (Phi) is 3.54. The Hall–Kier alpha value is -1.56. The van der Waals surface area contributed by atoms with Crippen LogP contribution in [-0.2, 0) is 15.7 Å². The SMILES string of the molecule is CCC1(C(=O)Nc2ccccc2C(F)(F)F)COC1. The van der Waals surface area contributed by atoms with Crippen LogP contribution in [0.2, 0.25) is 0 Å². The Morgan fingerprint density at radius 3 is 2.47 bits per heavy atom. The number of hydrogen-bond donors (Lipinski definition) is 1. The minimum Gasteiger partial charge on any atom is -0.379 e. The van der Waals surface area contributed by atoms with Gasteiger partial charge < -0.3 is 10.1 Å². The number of amides is 1. The van der Waals surface area contributed by atoms with Crippen LogP contribution in [0.3, 0.4) is 0 Å². The summed E-state index contributed by atoms with van der Waals surface area (Å²) in [7, 11) is 0. The summed E-state index contributed by atoms with van der Waals surface area (Å²) < 4.78 is 43.4. The molecule has 0 aliphatic carbocycles. The highest BCUT2D eigenvalue weighted by molar-refractivity contribution is 5.96. The molecule has 3 nitrogen and oxygen atoms in total. The Morgan fingerprint density at radius 2 is 2.00 bits per heavy atom. The number of alkyl halides is 3. The lowest BCUT2D eigenvalue weighted by Crippen LogP contribution is -2.51. The van der Waals surface area contributed by atoms with Crippen molar-refractivity contribution in [1.29, 1.82) is 0 Å². The lowest BCUT2D eigenvalue weighted by Gasteiger charge is -2.39. The van der Waals surface area contributed by atoms with E-state index in [-0.39, 0.29) is 18.9 Å². The second kappa shape index (κ2) is 4.85. The first-order valence-corrected chi connectivity index (χ1v) is 5.94. The molecule has 104 valence electrons. The van der Waals surface area contributed by atoms with Crippen molar-refractivity contribution in [1.82, 2.24) is 0 Å². The van der Waals surface area contributed by atoms with Crippen molar-refractivity contribution in [2.45, 2.75) is 19.5 Å². The van der Waals surface area contributed by atoms with Crippen molar-refractivity contribution < 1.29 is 22.7 Å². The number of rotatable bonds is 3. The van der Waals surface area contributed by atoms with E-state index >= 15 is 0 Å². The molecule has 0 unspecified atom stereocenters. The first-order chi connectivity index (χ1) is 8.89. The molecular weight excluding hydrogens is 259 g/mol. The van der Waals surface area contributed by atoms with Gasteiger partial charge in [0.1, 0.15) is 0 Å². The number of hydrogen-bond acceptors (Lipinski definition) is 2. The average Bonchev–Trinajstić information content (AvgIpc) is 2.27. The summed E-state index contributed by atoms with van der Waals surface area (Å²) in [4.78, 5) is 12.1. The molecule has 1 aromatic carbocycles. The van der Waals surface area contributed by atoms with Crippen LogP contribution >= 0.6 is 0 Å². The number of nitrogens with one attached hydrogen (secondary N) is 1. The summed E-state index contributed by atoms with van der Waals surface area (Å²) >= 11 is 0. The monoisotopic (exact) mass is 273 g/mol. The van der Waals surface area contributed by atoms with Crippen molar-refractivity contribution in [3.63, 3.8) is 0 Å². The molecule has 0 aromatic heterocycles. The highest BCUT2D eigenvalue weighted by Crippen LogP contribution is 2.37. The molecule has 1 N–H and O–H groups in total. The third-order valence-electron chi connectivity index (χ3n) is 3.40. The van der Waals surface area contributed by atoms with Gasteiger partial charge in [0.2, 0.25) is 5.91 Å². The minimum atomic E-state index is -4.49. The summed E-state index contributed by atoms with van der Waals surface area (Å²) in [5.74, 6) is -0.419. The van der Waals surface area contributed by atoms with Gasteiger partial charge in [-0.2, -0.15) is 13.2 Å². The summed E-state index contributed by atoms with van der Waals surface area (Å²) in [5.41, 5.74) is -1.74. The van der Waals surface area contributed by atoms with E-state index in [1.54, 1.807) is 0 Å². The summed E-state index contributed by atoms with van der Waals surface area (Å²) in [6, 6.07) is 4.95. The predicted octanol–water partition coefficient (Wildman–Crippen LogP) is 3.07. The largest absolute Gasteiger partial charge is 0.418 e. The van der Waals surface area contributed by atoms with Crippen LogP contribution in [0.15, 0.2) is 24.3 Å². The van der Waals surface area contributed by atoms with E-state index in [4.69, 9.17) is 4.74 Å². The van der Waals surface area contributed by atoms with Crippen molar-refractivity contribution in [3.05, 3.63) is 29.8 Å². The topological polar surface area (TPSA) is 38.3 Å². The molecule has 1 amide bonds. The molecule has 1 aromatic rings. The van der Waals surface area contributed by atoms with Gasteiger partial charge in [0.15, 0.2) is 0 Å². The van der Waals surface area contributed by atoms with E-state index in [1.807, 2.05) is 6.92 Å². The molecule has 1 fully saturated rings. The van der Waals surface area contributed by atoms with E-state index in [0.717, 1.165) is 6.07 Å². The highest BCUT2D eigenvalue weighted by atomic mass is 19.4. The van der Waals surface area contributed by atoms with Crippen molar-refractivity contribution in [2.75, 3.05) is 18.5 Å². The Balaban J connectivity index is 2.22. The first-order valence-electron chi connectivity index (χ1n) is 5.94. The van der Waals surface area contributed by atoms with E-state index in [9.17, 15) is 18.0 Å². The highest BCUT2D eigenvalue weighted by Gasteiger charge is 2.45. The molecule has 6 heteroatoms. The fourth-order valence-electron chi connectivity index (χ4n) is 1.94. The maximum absolute atomic E-state index is 12.8. The summed E-state index contributed by atoms with van der Waals surface area (Å²) in [6.45, 7) is 2.32. The number of benzene rings is 1. The van der Waals surface area contributed by atoms with Crippen LogP contribution in [0.4, 0.5) is 18.9 Å². The van der Waals surface area contributed by atoms with Gasteiger partial charge in [-0.25, -0.2) is 0 Å². The van der Waals surface area contributed by atoms with Crippen LogP contribution in [0.5, 0.6) is 0 Å². The zero-order valence-corrected chi connectivity index (χ0v) is 10.4. The lowest BCUT2D eigenvalue weighted by molar-refractivity contribution is -0.156. The van der Waals surface area contributed by atoms with Crippen LogP contribution in [0.1, 0.15) is 18.9 Å².